The van der Waals surface area contributed by atoms with Gasteiger partial charge in [-0.2, -0.15) is 4.98 Å². The predicted octanol–water partition coefficient (Wildman–Crippen LogP) is 2.32. The molecule has 0 radical (unpaired) electrons. The normalized spacial score (nSPS) is 17.1. The first-order chi connectivity index (χ1) is 14.9. The summed E-state index contributed by atoms with van der Waals surface area (Å²) in [6, 6.07) is 6.40. The van der Waals surface area contributed by atoms with Crippen molar-refractivity contribution in [2.45, 2.75) is 51.5 Å². The van der Waals surface area contributed by atoms with Gasteiger partial charge in [-0.1, -0.05) is 19.0 Å². The number of hydrogen-bond donors (Lipinski definition) is 2. The molecule has 1 aromatic heterocycles. The maximum atomic E-state index is 12.4. The quantitative estimate of drug-likeness (QED) is 0.670. The summed E-state index contributed by atoms with van der Waals surface area (Å²) in [6.07, 6.45) is 3.54. The number of nitrogens with one attached hydrogen (secondary N) is 2. The van der Waals surface area contributed by atoms with E-state index in [2.05, 4.69) is 20.8 Å². The molecule has 1 aromatic carbocycles. The summed E-state index contributed by atoms with van der Waals surface area (Å²) in [7, 11) is 0. The lowest BCUT2D eigenvalue weighted by molar-refractivity contribution is -0.121. The first-order valence-electron chi connectivity index (χ1n) is 10.7. The third kappa shape index (κ3) is 4.92. The molecule has 1 unspecified atom stereocenters. The summed E-state index contributed by atoms with van der Waals surface area (Å²) in [5.74, 6) is 0.912. The molecule has 4 rings (SSSR count). The SMILES string of the molecule is CC(C)C(NC(=O)CNC(=O)c1ccc(N2CCCC2=O)cc1)c1nc(C2CC2)no1. The van der Waals surface area contributed by atoms with Crippen LogP contribution < -0.4 is 15.5 Å². The molecule has 1 atom stereocenters. The zero-order valence-corrected chi connectivity index (χ0v) is 17.8. The van der Waals surface area contributed by atoms with Crippen LogP contribution in [0.15, 0.2) is 28.8 Å². The maximum Gasteiger partial charge on any atom is 0.251 e. The Morgan fingerprint density at radius 1 is 1.23 bits per heavy atom. The lowest BCUT2D eigenvalue weighted by Gasteiger charge is -2.18. The number of carbonyl (C=O) groups excluding carboxylic acids is 3. The second-order valence-corrected chi connectivity index (χ2v) is 8.43. The van der Waals surface area contributed by atoms with Gasteiger partial charge in [-0.15, -0.1) is 0 Å². The Hall–Kier alpha value is -3.23. The number of carbonyl (C=O) groups is 3. The van der Waals surface area contributed by atoms with Crippen LogP contribution in [0, 0.1) is 5.92 Å². The van der Waals surface area contributed by atoms with E-state index >= 15 is 0 Å². The molecule has 1 aliphatic carbocycles. The highest BCUT2D eigenvalue weighted by molar-refractivity contribution is 5.98. The second-order valence-electron chi connectivity index (χ2n) is 8.43. The van der Waals surface area contributed by atoms with Gasteiger partial charge in [-0.3, -0.25) is 14.4 Å². The molecule has 9 nitrogen and oxygen atoms in total. The first-order valence-corrected chi connectivity index (χ1v) is 10.7. The van der Waals surface area contributed by atoms with E-state index in [1.165, 1.54) is 0 Å². The molecular formula is C22H27N5O4. The average Bonchev–Trinajstić information content (AvgIpc) is 3.34. The molecule has 1 aliphatic heterocycles. The maximum absolute atomic E-state index is 12.4. The lowest BCUT2D eigenvalue weighted by Crippen LogP contribution is -2.40. The highest BCUT2D eigenvalue weighted by Gasteiger charge is 2.31. The van der Waals surface area contributed by atoms with Gasteiger partial charge in [0.1, 0.15) is 6.04 Å². The number of hydrogen-bond acceptors (Lipinski definition) is 6. The van der Waals surface area contributed by atoms with Crippen molar-refractivity contribution in [2.75, 3.05) is 18.0 Å². The second kappa shape index (κ2) is 8.87. The molecule has 3 amide bonds. The number of anilines is 1. The third-order valence-electron chi connectivity index (χ3n) is 5.57. The Balaban J connectivity index is 1.30. The van der Waals surface area contributed by atoms with Crippen LogP contribution in [0.25, 0.3) is 0 Å². The number of nitrogens with zero attached hydrogens (tertiary/aromatic N) is 3. The number of amides is 3. The van der Waals surface area contributed by atoms with E-state index in [0.717, 1.165) is 24.9 Å². The van der Waals surface area contributed by atoms with Crippen molar-refractivity contribution in [2.24, 2.45) is 5.92 Å². The van der Waals surface area contributed by atoms with Gasteiger partial charge in [-0.05, 0) is 49.4 Å². The zero-order chi connectivity index (χ0) is 22.0. The van der Waals surface area contributed by atoms with Gasteiger partial charge in [0.05, 0.1) is 6.54 Å². The van der Waals surface area contributed by atoms with E-state index < -0.39 is 6.04 Å². The Kier molecular flexibility index (Phi) is 6.01. The third-order valence-corrected chi connectivity index (χ3v) is 5.57. The van der Waals surface area contributed by atoms with Gasteiger partial charge in [0.15, 0.2) is 5.82 Å². The molecule has 1 saturated heterocycles. The Morgan fingerprint density at radius 3 is 2.58 bits per heavy atom. The van der Waals surface area contributed by atoms with E-state index in [1.807, 2.05) is 13.8 Å². The topological polar surface area (TPSA) is 117 Å². The highest BCUT2D eigenvalue weighted by Crippen LogP contribution is 2.38. The minimum atomic E-state index is -0.415. The summed E-state index contributed by atoms with van der Waals surface area (Å²) >= 11 is 0. The monoisotopic (exact) mass is 425 g/mol. The Bertz CT molecular complexity index is 965. The van der Waals surface area contributed by atoms with Crippen LogP contribution in [-0.2, 0) is 9.59 Å². The summed E-state index contributed by atoms with van der Waals surface area (Å²) in [5.41, 5.74) is 1.20. The Labute approximate surface area is 180 Å². The number of aromatic nitrogens is 2. The molecule has 9 heteroatoms. The van der Waals surface area contributed by atoms with Crippen molar-refractivity contribution < 1.29 is 18.9 Å². The van der Waals surface area contributed by atoms with Crippen LogP contribution in [0.2, 0.25) is 0 Å². The van der Waals surface area contributed by atoms with Gasteiger partial charge in [0.25, 0.3) is 5.91 Å². The standard InChI is InChI=1S/C22H27N5O4/c1-13(2)19(22-25-20(26-31-22)14-5-6-14)24-17(28)12-23-21(30)15-7-9-16(10-8-15)27-11-3-4-18(27)29/h7-10,13-14,19H,3-6,11-12H2,1-2H3,(H,23,30)(H,24,28). The molecule has 2 aliphatic rings. The van der Waals surface area contributed by atoms with Crippen LogP contribution in [0.3, 0.4) is 0 Å². The molecule has 2 N–H and O–H groups in total. The minimum Gasteiger partial charge on any atom is -0.343 e. The lowest BCUT2D eigenvalue weighted by atomic mass is 10.0. The highest BCUT2D eigenvalue weighted by atomic mass is 16.5. The minimum absolute atomic E-state index is 0.0491. The molecule has 0 spiro atoms. The molecule has 2 aromatic rings. The van der Waals surface area contributed by atoms with Crippen LogP contribution in [-0.4, -0.2) is 41.0 Å². The average molecular weight is 425 g/mol. The van der Waals surface area contributed by atoms with Crippen LogP contribution in [0.5, 0.6) is 0 Å². The van der Waals surface area contributed by atoms with E-state index in [4.69, 9.17) is 4.52 Å². The van der Waals surface area contributed by atoms with E-state index in [0.29, 0.717) is 36.2 Å². The molecule has 2 fully saturated rings. The van der Waals surface area contributed by atoms with Gasteiger partial charge < -0.3 is 20.1 Å². The molecule has 31 heavy (non-hydrogen) atoms. The summed E-state index contributed by atoms with van der Waals surface area (Å²) in [6.45, 7) is 4.44. The number of benzene rings is 1. The largest absolute Gasteiger partial charge is 0.343 e. The van der Waals surface area contributed by atoms with Crippen molar-refractivity contribution in [3.8, 4) is 0 Å². The molecule has 164 valence electrons. The summed E-state index contributed by atoms with van der Waals surface area (Å²) in [4.78, 5) is 42.8. The van der Waals surface area contributed by atoms with Gasteiger partial charge in [0, 0.05) is 30.1 Å². The fraction of sp³-hybridized carbons (Fsp3) is 0.500. The van der Waals surface area contributed by atoms with E-state index in [9.17, 15) is 14.4 Å². The van der Waals surface area contributed by atoms with Gasteiger partial charge in [0.2, 0.25) is 17.7 Å². The van der Waals surface area contributed by atoms with Gasteiger partial charge >= 0.3 is 0 Å². The summed E-state index contributed by atoms with van der Waals surface area (Å²) in [5, 5.41) is 9.51. The van der Waals surface area contributed by atoms with E-state index in [1.54, 1.807) is 29.2 Å². The molecule has 1 saturated carbocycles. The summed E-state index contributed by atoms with van der Waals surface area (Å²) < 4.78 is 5.35. The molecule has 2 heterocycles. The number of rotatable bonds is 8. The zero-order valence-electron chi connectivity index (χ0n) is 17.8. The van der Waals surface area contributed by atoms with E-state index in [-0.39, 0.29) is 30.2 Å². The van der Waals surface area contributed by atoms with Gasteiger partial charge in [-0.25, -0.2) is 0 Å². The van der Waals surface area contributed by atoms with Crippen LogP contribution in [0.4, 0.5) is 5.69 Å². The van der Waals surface area contributed by atoms with Crippen molar-refractivity contribution in [1.82, 2.24) is 20.8 Å². The van der Waals surface area contributed by atoms with Crippen molar-refractivity contribution >= 4 is 23.4 Å². The molecule has 0 bridgehead atoms. The first kappa shape index (κ1) is 21.0. The smallest absolute Gasteiger partial charge is 0.251 e. The van der Waals surface area contributed by atoms with Crippen molar-refractivity contribution in [3.63, 3.8) is 0 Å². The van der Waals surface area contributed by atoms with Crippen LogP contribution in [0.1, 0.15) is 73.6 Å². The molecular weight excluding hydrogens is 398 g/mol. The Morgan fingerprint density at radius 2 is 1.97 bits per heavy atom. The van der Waals surface area contributed by atoms with Crippen molar-refractivity contribution in [3.05, 3.63) is 41.5 Å². The van der Waals surface area contributed by atoms with Crippen molar-refractivity contribution in [1.29, 1.82) is 0 Å². The fourth-order valence-corrected chi connectivity index (χ4v) is 3.60. The predicted molar refractivity (Wildman–Crippen MR) is 112 cm³/mol. The van der Waals surface area contributed by atoms with Crippen LogP contribution >= 0.6 is 0 Å². The fourth-order valence-electron chi connectivity index (χ4n) is 3.60.